The lowest BCUT2D eigenvalue weighted by Crippen LogP contribution is -2.20. The lowest BCUT2D eigenvalue weighted by Gasteiger charge is -2.08. The van der Waals surface area contributed by atoms with E-state index in [-0.39, 0.29) is 16.9 Å². The Balaban J connectivity index is 0.00000220. The van der Waals surface area contributed by atoms with Gasteiger partial charge in [-0.25, -0.2) is 0 Å². The third-order valence-corrected chi connectivity index (χ3v) is 3.69. The number of hydrogen-bond donors (Lipinski definition) is 0. The minimum Gasteiger partial charge on any atom is -0.618 e. The third-order valence-electron chi connectivity index (χ3n) is 2.49. The quantitative estimate of drug-likeness (QED) is 0.775. The zero-order chi connectivity index (χ0) is 14.4. The highest BCUT2D eigenvalue weighted by atomic mass is 35.5. The fourth-order valence-electron chi connectivity index (χ4n) is 1.55. The maximum absolute atomic E-state index is 11.2. The van der Waals surface area contributed by atoms with Crippen LogP contribution in [0.25, 0.3) is 0 Å². The summed E-state index contributed by atoms with van der Waals surface area (Å²) in [6, 6.07) is 14.8. The molecule has 0 aliphatic carbocycles. The van der Waals surface area contributed by atoms with Crippen molar-refractivity contribution >= 4 is 37.5 Å². The van der Waals surface area contributed by atoms with Gasteiger partial charge in [0.1, 0.15) is 11.5 Å². The normalized spacial score (nSPS) is 9.00. The van der Waals surface area contributed by atoms with Crippen LogP contribution in [0.1, 0.15) is 13.3 Å². The molecule has 22 heavy (non-hydrogen) atoms. The minimum atomic E-state index is -0.592. The third kappa shape index (κ3) is 6.48. The van der Waals surface area contributed by atoms with E-state index in [1.807, 2.05) is 36.4 Å². The number of rotatable bonds is 5. The number of hydrogen-bond acceptors (Lipinski definition) is 3. The van der Waals surface area contributed by atoms with Crippen molar-refractivity contribution in [1.29, 1.82) is 0 Å². The zero-order valence-corrected chi connectivity index (χ0v) is 13.9. The summed E-state index contributed by atoms with van der Waals surface area (Å²) >= 11 is 5.47. The van der Waals surface area contributed by atoms with Gasteiger partial charge in [-0.15, -0.1) is 0 Å². The molecule has 5 nitrogen and oxygen atoms in total. The smallest absolute Gasteiger partial charge is 0.572 e. The molecule has 7 heteroatoms. The number of carbonyl (C=O) groups excluding carboxylic acids is 1. The van der Waals surface area contributed by atoms with E-state index in [4.69, 9.17) is 20.1 Å². The Hall–Kier alpha value is -1.55. The van der Waals surface area contributed by atoms with Gasteiger partial charge in [-0.3, -0.25) is 4.79 Å². The maximum atomic E-state index is 11.2. The van der Waals surface area contributed by atoms with Crippen LogP contribution in [0.15, 0.2) is 48.5 Å². The molecule has 117 valence electrons. The van der Waals surface area contributed by atoms with Gasteiger partial charge in [-0.1, -0.05) is 47.2 Å². The largest absolute Gasteiger partial charge is 0.618 e. The lowest BCUT2D eigenvalue weighted by molar-refractivity contribution is -0.133. The molecule has 2 aromatic carbocycles. The van der Waals surface area contributed by atoms with E-state index in [9.17, 15) is 4.79 Å². The maximum Gasteiger partial charge on any atom is 0.572 e. The lowest BCUT2D eigenvalue weighted by atomic mass is 10.3. The molecule has 0 saturated heterocycles. The molecule has 1 radical (unpaired) electrons. The number of halogens is 1. The van der Waals surface area contributed by atoms with E-state index in [1.165, 1.54) is 0 Å². The Morgan fingerprint density at radius 3 is 2.41 bits per heavy atom. The van der Waals surface area contributed by atoms with Crippen molar-refractivity contribution in [3.63, 3.8) is 0 Å². The fourth-order valence-corrected chi connectivity index (χ4v) is 2.81. The summed E-state index contributed by atoms with van der Waals surface area (Å²) in [5, 5.41) is 0.563. The molecule has 2 aromatic rings. The first kappa shape index (κ1) is 20.5. The van der Waals surface area contributed by atoms with Gasteiger partial charge in [0.15, 0.2) is 0 Å². The molecule has 4 N–H and O–H groups in total. The summed E-state index contributed by atoms with van der Waals surface area (Å²) in [6.45, 7) is 1.77. The average molecular weight is 340 g/mol. The molecule has 0 aliphatic heterocycles. The summed E-state index contributed by atoms with van der Waals surface area (Å²) in [7, 11) is 0. The van der Waals surface area contributed by atoms with E-state index in [2.05, 4.69) is 0 Å². The summed E-state index contributed by atoms with van der Waals surface area (Å²) in [5.74, 6) is 1.17. The van der Waals surface area contributed by atoms with Gasteiger partial charge in [0.2, 0.25) is 0 Å². The van der Waals surface area contributed by atoms with Crippen LogP contribution in [0.5, 0.6) is 11.5 Å². The standard InChI is InChI=1S/C12H8ClO.C3H6O2.Al.2H2O/c13-10-5-4-8-12(9-10)14-11-6-2-1-3-7-11;1-2-3(4)5;;;/h1-3,5-9H;2H2,1H3,(H,4,5);;2*1H2/q;;+1;;/p-1. The van der Waals surface area contributed by atoms with Crippen molar-refractivity contribution in [2.24, 2.45) is 0 Å². The molecular weight excluding hydrogens is 323 g/mol. The molecule has 2 rings (SSSR count). The summed E-state index contributed by atoms with van der Waals surface area (Å²) < 4.78 is 11.8. The second-order valence-corrected chi connectivity index (χ2v) is 5.67. The summed E-state index contributed by atoms with van der Waals surface area (Å²) in [5.41, 5.74) is 0. The summed E-state index contributed by atoms with van der Waals surface area (Å²) in [6.07, 6.45) is 0.376. The van der Waals surface area contributed by atoms with E-state index >= 15 is 0 Å². The highest BCUT2D eigenvalue weighted by molar-refractivity contribution is 6.49. The molecular formula is C15H17AlClO5. The molecule has 0 saturated carbocycles. The Bertz CT molecular complexity index is 592. The molecule has 0 aromatic heterocycles. The second kappa shape index (κ2) is 10.2. The van der Waals surface area contributed by atoms with Crippen molar-refractivity contribution in [3.8, 4) is 11.5 Å². The van der Waals surface area contributed by atoms with Crippen molar-refractivity contribution < 1.29 is 24.3 Å². The van der Waals surface area contributed by atoms with Crippen molar-refractivity contribution in [2.45, 2.75) is 13.3 Å². The Kier molecular flexibility index (Phi) is 9.50. The monoisotopic (exact) mass is 339 g/mol. The van der Waals surface area contributed by atoms with Gasteiger partial charge in [-0.05, 0) is 24.3 Å². The highest BCUT2D eigenvalue weighted by Gasteiger charge is 2.09. The van der Waals surface area contributed by atoms with Crippen LogP contribution in [0.2, 0.25) is 5.02 Å². The highest BCUT2D eigenvalue weighted by Crippen LogP contribution is 2.22. The number of para-hydroxylation sites is 1. The Morgan fingerprint density at radius 1 is 1.09 bits per heavy atom. The van der Waals surface area contributed by atoms with E-state index in [1.54, 1.807) is 19.1 Å². The van der Waals surface area contributed by atoms with Crippen LogP contribution in [0.4, 0.5) is 0 Å². The number of benzene rings is 2. The van der Waals surface area contributed by atoms with Crippen LogP contribution in [-0.4, -0.2) is 32.5 Å². The fraction of sp³-hybridized carbons (Fsp3) is 0.133. The van der Waals surface area contributed by atoms with Crippen LogP contribution in [0.3, 0.4) is 0 Å². The van der Waals surface area contributed by atoms with Gasteiger partial charge < -0.3 is 19.5 Å². The Labute approximate surface area is 140 Å². The van der Waals surface area contributed by atoms with Gasteiger partial charge >= 0.3 is 15.6 Å². The molecule has 0 fully saturated rings. The molecule has 0 bridgehead atoms. The first-order valence-corrected chi connectivity index (χ1v) is 7.66. The minimum absolute atomic E-state index is 0. The van der Waals surface area contributed by atoms with Crippen LogP contribution in [0, 0.1) is 0 Å². The molecule has 0 heterocycles. The van der Waals surface area contributed by atoms with Crippen molar-refractivity contribution in [3.05, 3.63) is 53.6 Å². The Morgan fingerprint density at radius 2 is 1.77 bits per heavy atom. The van der Waals surface area contributed by atoms with Crippen molar-refractivity contribution in [1.82, 2.24) is 0 Å². The van der Waals surface area contributed by atoms with Gasteiger partial charge in [0.25, 0.3) is 5.97 Å². The molecule has 0 unspecified atom stereocenters. The molecule has 0 amide bonds. The average Bonchev–Trinajstić information content (AvgIpc) is 2.45. The van der Waals surface area contributed by atoms with E-state index in [0.717, 1.165) is 10.2 Å². The number of ether oxygens (including phenoxy) is 1. The number of carbonyl (C=O) groups is 1. The first-order valence-electron chi connectivity index (χ1n) is 6.23. The second-order valence-electron chi connectivity index (χ2n) is 4.10. The van der Waals surface area contributed by atoms with Crippen molar-refractivity contribution in [2.75, 3.05) is 0 Å². The van der Waals surface area contributed by atoms with E-state index in [0.29, 0.717) is 17.2 Å². The first-order chi connectivity index (χ1) is 9.67. The summed E-state index contributed by atoms with van der Waals surface area (Å²) in [4.78, 5) is 11.2. The zero-order valence-electron chi connectivity index (χ0n) is 12.0. The van der Waals surface area contributed by atoms with Crippen LogP contribution in [-0.2, 0) is 8.58 Å². The topological polar surface area (TPSA) is 98.5 Å². The SMILES string of the molecule is CCC(=O)[O][Al][c]1cc(Cl)cc(Oc2ccccc2)c1.O.O. The van der Waals surface area contributed by atoms with Crippen LogP contribution < -0.4 is 9.16 Å². The van der Waals surface area contributed by atoms with Gasteiger partial charge in [-0.2, -0.15) is 0 Å². The predicted molar refractivity (Wildman–Crippen MR) is 87.0 cm³/mol. The van der Waals surface area contributed by atoms with Gasteiger partial charge in [0.05, 0.1) is 0 Å². The predicted octanol–water partition coefficient (Wildman–Crippen LogP) is 1.68. The van der Waals surface area contributed by atoms with Crippen LogP contribution >= 0.6 is 11.6 Å². The van der Waals surface area contributed by atoms with E-state index < -0.39 is 15.6 Å². The molecule has 0 atom stereocenters. The molecule has 0 spiro atoms. The van der Waals surface area contributed by atoms with Gasteiger partial charge in [0, 0.05) is 11.4 Å². The molecule has 0 aliphatic rings.